The lowest BCUT2D eigenvalue weighted by Gasteiger charge is -2.29. The number of carbonyl (C=O) groups is 2. The number of fused-ring (bicyclic) bond motifs is 3. The van der Waals surface area contributed by atoms with Gasteiger partial charge in [-0.25, -0.2) is 4.79 Å². The Morgan fingerprint density at radius 3 is 2.85 bits per heavy atom. The average molecular weight is 274 g/mol. The van der Waals surface area contributed by atoms with Crippen LogP contribution in [0.15, 0.2) is 12.1 Å². The number of nitrogens with zero attached hydrogens (tertiary/aromatic N) is 1. The molecule has 0 bridgehead atoms. The van der Waals surface area contributed by atoms with Crippen LogP contribution in [0.2, 0.25) is 0 Å². The first-order chi connectivity index (χ1) is 9.51. The number of nitrogens with one attached hydrogen (secondary N) is 1. The second-order valence-corrected chi connectivity index (χ2v) is 5.60. The summed E-state index contributed by atoms with van der Waals surface area (Å²) < 4.78 is 0. The van der Waals surface area contributed by atoms with E-state index in [0.29, 0.717) is 13.1 Å². The summed E-state index contributed by atoms with van der Waals surface area (Å²) >= 11 is 0. The smallest absolute Gasteiger partial charge is 0.407 e. The molecule has 0 aromatic heterocycles. The standard InChI is InChI=1S/C15H18N2O3/c1-3-9-4-8(2)13-10(5-9)11-6-17(15(19)20)7-12(11)16-14(13)18/h4-5,11-12H,3,6-7H2,1-2H3,(H,16,18)(H,19,20). The Balaban J connectivity index is 2.07. The number of hydrogen-bond donors (Lipinski definition) is 2. The summed E-state index contributed by atoms with van der Waals surface area (Å²) in [6, 6.07) is 4.02. The van der Waals surface area contributed by atoms with Gasteiger partial charge in [0.2, 0.25) is 0 Å². The van der Waals surface area contributed by atoms with Crippen molar-refractivity contribution in [3.05, 3.63) is 34.4 Å². The maximum Gasteiger partial charge on any atom is 0.407 e. The highest BCUT2D eigenvalue weighted by atomic mass is 16.4. The van der Waals surface area contributed by atoms with Crippen molar-refractivity contribution in [2.24, 2.45) is 0 Å². The summed E-state index contributed by atoms with van der Waals surface area (Å²) in [7, 11) is 0. The lowest BCUT2D eigenvalue weighted by molar-refractivity contribution is 0.0921. The van der Waals surface area contributed by atoms with Crippen LogP contribution in [-0.4, -0.2) is 41.1 Å². The van der Waals surface area contributed by atoms with Crippen molar-refractivity contribution in [1.29, 1.82) is 0 Å². The second kappa shape index (κ2) is 4.51. The molecule has 2 unspecified atom stereocenters. The van der Waals surface area contributed by atoms with Crippen LogP contribution < -0.4 is 5.32 Å². The lowest BCUT2D eigenvalue weighted by Crippen LogP contribution is -2.44. The zero-order chi connectivity index (χ0) is 14.4. The van der Waals surface area contributed by atoms with Crippen LogP contribution in [0.1, 0.15) is 39.9 Å². The van der Waals surface area contributed by atoms with E-state index in [4.69, 9.17) is 5.11 Å². The summed E-state index contributed by atoms with van der Waals surface area (Å²) in [4.78, 5) is 24.8. The zero-order valence-corrected chi connectivity index (χ0v) is 11.6. The van der Waals surface area contributed by atoms with Gasteiger partial charge < -0.3 is 15.3 Å². The van der Waals surface area contributed by atoms with Gasteiger partial charge in [-0.3, -0.25) is 4.79 Å². The highest BCUT2D eigenvalue weighted by Gasteiger charge is 2.42. The highest BCUT2D eigenvalue weighted by molar-refractivity contribution is 5.99. The number of carbonyl (C=O) groups excluding carboxylic acids is 1. The molecule has 2 heterocycles. The molecule has 3 rings (SSSR count). The van der Waals surface area contributed by atoms with Crippen molar-refractivity contribution in [3.63, 3.8) is 0 Å². The fraction of sp³-hybridized carbons (Fsp3) is 0.467. The van der Waals surface area contributed by atoms with E-state index in [9.17, 15) is 9.59 Å². The van der Waals surface area contributed by atoms with Gasteiger partial charge >= 0.3 is 6.09 Å². The van der Waals surface area contributed by atoms with Gasteiger partial charge in [0, 0.05) is 24.6 Å². The first-order valence-corrected chi connectivity index (χ1v) is 6.93. The van der Waals surface area contributed by atoms with E-state index in [0.717, 1.165) is 23.1 Å². The molecule has 2 N–H and O–H groups in total. The summed E-state index contributed by atoms with van der Waals surface area (Å²) in [6.45, 7) is 4.86. The number of aryl methyl sites for hydroxylation is 2. The van der Waals surface area contributed by atoms with Crippen molar-refractivity contribution in [3.8, 4) is 0 Å². The van der Waals surface area contributed by atoms with Crippen molar-refractivity contribution in [2.75, 3.05) is 13.1 Å². The van der Waals surface area contributed by atoms with Crippen molar-refractivity contribution in [2.45, 2.75) is 32.2 Å². The summed E-state index contributed by atoms with van der Waals surface area (Å²) in [5, 5.41) is 12.1. The fourth-order valence-electron chi connectivity index (χ4n) is 3.36. The largest absolute Gasteiger partial charge is 0.465 e. The molecule has 5 nitrogen and oxygen atoms in total. The van der Waals surface area contributed by atoms with Gasteiger partial charge in [0.15, 0.2) is 0 Å². The Morgan fingerprint density at radius 1 is 1.45 bits per heavy atom. The van der Waals surface area contributed by atoms with Gasteiger partial charge in [0.25, 0.3) is 5.91 Å². The minimum atomic E-state index is -0.918. The van der Waals surface area contributed by atoms with Gasteiger partial charge in [0.1, 0.15) is 0 Å². The topological polar surface area (TPSA) is 69.6 Å². The van der Waals surface area contributed by atoms with Crippen LogP contribution in [0.25, 0.3) is 0 Å². The molecule has 2 atom stereocenters. The van der Waals surface area contributed by atoms with Crippen molar-refractivity contribution < 1.29 is 14.7 Å². The van der Waals surface area contributed by atoms with E-state index in [-0.39, 0.29) is 17.9 Å². The Kier molecular flexibility index (Phi) is 2.92. The number of rotatable bonds is 1. The summed E-state index contributed by atoms with van der Waals surface area (Å²) in [5.74, 6) is -0.00218. The minimum Gasteiger partial charge on any atom is -0.465 e. The van der Waals surface area contributed by atoms with Crippen molar-refractivity contribution >= 4 is 12.0 Å². The van der Waals surface area contributed by atoms with Crippen LogP contribution in [0.3, 0.4) is 0 Å². The maximum atomic E-state index is 12.2. The maximum absolute atomic E-state index is 12.2. The molecule has 1 fully saturated rings. The number of benzene rings is 1. The molecule has 5 heteroatoms. The number of carboxylic acid groups (broad SMARTS) is 1. The van der Waals surface area contributed by atoms with Crippen LogP contribution >= 0.6 is 0 Å². The van der Waals surface area contributed by atoms with Gasteiger partial charge in [-0.1, -0.05) is 19.1 Å². The lowest BCUT2D eigenvalue weighted by atomic mass is 9.83. The molecule has 2 aliphatic heterocycles. The first-order valence-electron chi connectivity index (χ1n) is 6.93. The second-order valence-electron chi connectivity index (χ2n) is 5.60. The van der Waals surface area contributed by atoms with E-state index in [1.165, 1.54) is 10.5 Å². The Hall–Kier alpha value is -2.04. The molecule has 1 saturated heterocycles. The predicted molar refractivity (Wildman–Crippen MR) is 74.2 cm³/mol. The summed E-state index contributed by atoms with van der Waals surface area (Å²) in [5.41, 5.74) is 3.92. The Bertz CT molecular complexity index is 597. The third-order valence-corrected chi connectivity index (χ3v) is 4.37. The van der Waals surface area contributed by atoms with E-state index in [1.54, 1.807) is 0 Å². The Labute approximate surface area is 117 Å². The van der Waals surface area contributed by atoms with Crippen LogP contribution in [0, 0.1) is 6.92 Å². The molecule has 0 saturated carbocycles. The van der Waals surface area contributed by atoms with Crippen LogP contribution in [-0.2, 0) is 6.42 Å². The molecule has 2 aliphatic rings. The van der Waals surface area contributed by atoms with E-state index in [1.807, 2.05) is 13.0 Å². The SMILES string of the molecule is CCc1cc(C)c2c(c1)C1CN(C(=O)O)CC1NC2=O. The highest BCUT2D eigenvalue weighted by Crippen LogP contribution is 2.35. The molecule has 0 spiro atoms. The van der Waals surface area contributed by atoms with Crippen LogP contribution in [0.4, 0.5) is 4.79 Å². The average Bonchev–Trinajstić information content (AvgIpc) is 2.82. The molecule has 0 aliphatic carbocycles. The first kappa shape index (κ1) is 13.0. The van der Waals surface area contributed by atoms with Gasteiger partial charge in [-0.15, -0.1) is 0 Å². The van der Waals surface area contributed by atoms with Gasteiger partial charge in [-0.2, -0.15) is 0 Å². The molecule has 106 valence electrons. The zero-order valence-electron chi connectivity index (χ0n) is 11.6. The molecule has 0 radical (unpaired) electrons. The van der Waals surface area contributed by atoms with Crippen molar-refractivity contribution in [1.82, 2.24) is 10.2 Å². The van der Waals surface area contributed by atoms with E-state index in [2.05, 4.69) is 18.3 Å². The van der Waals surface area contributed by atoms with E-state index >= 15 is 0 Å². The van der Waals surface area contributed by atoms with Gasteiger partial charge in [0.05, 0.1) is 6.04 Å². The predicted octanol–water partition coefficient (Wildman–Crippen LogP) is 1.75. The fourth-order valence-corrected chi connectivity index (χ4v) is 3.36. The normalized spacial score (nSPS) is 24.1. The molecule has 2 amide bonds. The van der Waals surface area contributed by atoms with Gasteiger partial charge in [-0.05, 0) is 30.0 Å². The minimum absolute atomic E-state index is 0.0731. The molecule has 1 aromatic carbocycles. The number of likely N-dealkylation sites (tertiary alicyclic amines) is 1. The number of amides is 2. The molecular formula is C15H18N2O3. The Morgan fingerprint density at radius 2 is 2.20 bits per heavy atom. The monoisotopic (exact) mass is 274 g/mol. The molecule has 20 heavy (non-hydrogen) atoms. The third-order valence-electron chi connectivity index (χ3n) is 4.37. The quantitative estimate of drug-likeness (QED) is 0.819. The summed E-state index contributed by atoms with van der Waals surface area (Å²) in [6.07, 6.45) is -0.00552. The number of hydrogen-bond acceptors (Lipinski definition) is 2. The van der Waals surface area contributed by atoms with Crippen LogP contribution in [0.5, 0.6) is 0 Å². The third kappa shape index (κ3) is 1.85. The van der Waals surface area contributed by atoms with E-state index < -0.39 is 6.09 Å². The molecular weight excluding hydrogens is 256 g/mol. The molecule has 1 aromatic rings.